The number of benzene rings is 2. The minimum atomic E-state index is 0.0752. The molecule has 0 aromatic heterocycles. The van der Waals surface area contributed by atoms with E-state index in [1.165, 1.54) is 44.5 Å². The van der Waals surface area contributed by atoms with Crippen LogP contribution in [0.3, 0.4) is 0 Å². The van der Waals surface area contributed by atoms with E-state index in [4.69, 9.17) is 0 Å². The smallest absolute Gasteiger partial charge is 0.00197 e. The Morgan fingerprint density at radius 1 is 0.297 bits per heavy atom. The Hall–Kier alpha value is -1.56. The molecule has 0 aliphatic rings. The topological polar surface area (TPSA) is 0 Å². The molecule has 208 valence electrons. The van der Waals surface area contributed by atoms with Gasteiger partial charge in [0, 0.05) is 0 Å². The first kappa shape index (κ1) is 31.7. The van der Waals surface area contributed by atoms with E-state index in [0.29, 0.717) is 0 Å². The van der Waals surface area contributed by atoms with Crippen LogP contribution >= 0.6 is 0 Å². The second-order valence-corrected chi connectivity index (χ2v) is 17.8. The molecule has 0 fully saturated rings. The van der Waals surface area contributed by atoms with E-state index < -0.39 is 0 Å². The third kappa shape index (κ3) is 7.30. The summed E-state index contributed by atoms with van der Waals surface area (Å²) in [4.78, 5) is 0. The molecule has 0 unspecified atom stereocenters. The van der Waals surface area contributed by atoms with Crippen molar-refractivity contribution < 1.29 is 0 Å². The first-order valence-corrected chi connectivity index (χ1v) is 14.5. The van der Waals surface area contributed by atoms with Crippen LogP contribution in [0.25, 0.3) is 0 Å². The van der Waals surface area contributed by atoms with Gasteiger partial charge in [0.2, 0.25) is 0 Å². The van der Waals surface area contributed by atoms with E-state index in [1.54, 1.807) is 0 Å². The summed E-state index contributed by atoms with van der Waals surface area (Å²) in [5.41, 5.74) is 12.4. The molecular weight excluding hydrogens is 444 g/mol. The fraction of sp³-hybridized carbons (Fsp3) is 0.676. The molecule has 0 saturated heterocycles. The Morgan fingerprint density at radius 2 is 0.486 bits per heavy atom. The lowest BCUT2D eigenvalue weighted by atomic mass is 9.68. The average molecular weight is 505 g/mol. The molecule has 2 rings (SSSR count). The molecule has 0 atom stereocenters. The molecule has 37 heavy (non-hydrogen) atoms. The van der Waals surface area contributed by atoms with E-state index in [9.17, 15) is 0 Å². The second kappa shape index (κ2) is 9.57. The summed E-state index contributed by atoms with van der Waals surface area (Å²) in [6, 6.07) is 10.3. The molecule has 0 heterocycles. The standard InChI is InChI=1S/C37H60/c1-32(2,3)26-22-30(36(13,14)15)28(34(7,8)9)20-24(26)19-25-21-29(35(10,11)12)31(37(16,17)18)23-27(25)33(4,5)6/h20-23H,19H2,1-18H3. The lowest BCUT2D eigenvalue weighted by molar-refractivity contribution is 0.517. The molecule has 0 nitrogen and oxygen atoms in total. The Bertz CT molecular complexity index is 1020. The van der Waals surface area contributed by atoms with Gasteiger partial charge in [-0.05, 0) is 83.4 Å². The zero-order valence-electron chi connectivity index (χ0n) is 28.0. The van der Waals surface area contributed by atoms with Gasteiger partial charge in [0.05, 0.1) is 0 Å². The molecule has 0 heteroatoms. The van der Waals surface area contributed by atoms with Crippen LogP contribution in [-0.4, -0.2) is 0 Å². The van der Waals surface area contributed by atoms with E-state index in [-0.39, 0.29) is 32.5 Å². The Labute approximate surface area is 232 Å². The fourth-order valence-corrected chi connectivity index (χ4v) is 5.67. The van der Waals surface area contributed by atoms with Crippen LogP contribution in [0.5, 0.6) is 0 Å². The predicted molar refractivity (Wildman–Crippen MR) is 168 cm³/mol. The van der Waals surface area contributed by atoms with Crippen molar-refractivity contribution in [1.29, 1.82) is 0 Å². The van der Waals surface area contributed by atoms with Crippen LogP contribution in [0.1, 0.15) is 169 Å². The zero-order chi connectivity index (χ0) is 29.2. The summed E-state index contributed by atoms with van der Waals surface area (Å²) in [6.45, 7) is 42.7. The summed E-state index contributed by atoms with van der Waals surface area (Å²) >= 11 is 0. The van der Waals surface area contributed by atoms with Crippen molar-refractivity contribution in [2.24, 2.45) is 0 Å². The van der Waals surface area contributed by atoms with Crippen molar-refractivity contribution in [1.82, 2.24) is 0 Å². The van der Waals surface area contributed by atoms with Crippen LogP contribution in [0, 0.1) is 0 Å². The molecule has 0 bridgehead atoms. The molecule has 0 aliphatic heterocycles. The van der Waals surface area contributed by atoms with Gasteiger partial charge in [0.25, 0.3) is 0 Å². The highest BCUT2D eigenvalue weighted by Crippen LogP contribution is 2.43. The molecule has 0 aliphatic carbocycles. The highest BCUT2D eigenvalue weighted by atomic mass is 14.4. The van der Waals surface area contributed by atoms with Crippen LogP contribution in [0.2, 0.25) is 0 Å². The third-order valence-corrected chi connectivity index (χ3v) is 7.72. The van der Waals surface area contributed by atoms with E-state index in [0.717, 1.165) is 6.42 Å². The molecular formula is C37H60. The largest absolute Gasteiger partial charge is 0.0561 e. The summed E-state index contributed by atoms with van der Waals surface area (Å²) in [6.07, 6.45) is 0.972. The monoisotopic (exact) mass is 504 g/mol. The second-order valence-electron chi connectivity index (χ2n) is 17.8. The summed E-state index contributed by atoms with van der Waals surface area (Å²) in [5, 5.41) is 0. The van der Waals surface area contributed by atoms with Crippen molar-refractivity contribution in [2.75, 3.05) is 0 Å². The maximum atomic E-state index is 2.57. The summed E-state index contributed by atoms with van der Waals surface area (Å²) in [5.74, 6) is 0. The first-order valence-electron chi connectivity index (χ1n) is 14.5. The Kier molecular flexibility index (Phi) is 8.19. The van der Waals surface area contributed by atoms with Crippen molar-refractivity contribution in [3.63, 3.8) is 0 Å². The highest BCUT2D eigenvalue weighted by molar-refractivity contribution is 5.52. The van der Waals surface area contributed by atoms with Crippen LogP contribution in [0.15, 0.2) is 24.3 Å². The average Bonchev–Trinajstić information content (AvgIpc) is 2.62. The van der Waals surface area contributed by atoms with Gasteiger partial charge in [0.15, 0.2) is 0 Å². The molecule has 0 radical (unpaired) electrons. The van der Waals surface area contributed by atoms with Crippen molar-refractivity contribution in [3.8, 4) is 0 Å². The van der Waals surface area contributed by atoms with Gasteiger partial charge in [-0.25, -0.2) is 0 Å². The minimum Gasteiger partial charge on any atom is -0.0561 e. The van der Waals surface area contributed by atoms with Crippen LogP contribution in [0.4, 0.5) is 0 Å². The first-order chi connectivity index (χ1) is 16.1. The third-order valence-electron chi connectivity index (χ3n) is 7.72. The van der Waals surface area contributed by atoms with Gasteiger partial charge in [0.1, 0.15) is 0 Å². The quantitative estimate of drug-likeness (QED) is 0.381. The number of hydrogen-bond acceptors (Lipinski definition) is 0. The van der Waals surface area contributed by atoms with Gasteiger partial charge in [-0.3, -0.25) is 0 Å². The van der Waals surface area contributed by atoms with Gasteiger partial charge < -0.3 is 0 Å². The van der Waals surface area contributed by atoms with E-state index in [1.807, 2.05) is 0 Å². The maximum Gasteiger partial charge on any atom is -0.00197 e. The van der Waals surface area contributed by atoms with Gasteiger partial charge in [-0.15, -0.1) is 0 Å². The minimum absolute atomic E-state index is 0.0752. The molecule has 2 aromatic rings. The lowest BCUT2D eigenvalue weighted by Crippen LogP contribution is -2.27. The van der Waals surface area contributed by atoms with E-state index in [2.05, 4.69) is 149 Å². The van der Waals surface area contributed by atoms with Crippen molar-refractivity contribution in [3.05, 3.63) is 68.8 Å². The van der Waals surface area contributed by atoms with Crippen molar-refractivity contribution in [2.45, 2.75) is 164 Å². The zero-order valence-corrected chi connectivity index (χ0v) is 28.0. The lowest BCUT2D eigenvalue weighted by Gasteiger charge is -2.36. The number of rotatable bonds is 2. The highest BCUT2D eigenvalue weighted by Gasteiger charge is 2.32. The molecule has 0 N–H and O–H groups in total. The van der Waals surface area contributed by atoms with Crippen molar-refractivity contribution >= 4 is 0 Å². The SMILES string of the molecule is CC(C)(C)c1cc(C(C)(C)C)c(C(C)(C)C)cc1Cc1cc(C(C)(C)C)c(C(C)(C)C)cc1C(C)(C)C. The Balaban J connectivity index is 3.01. The molecule has 2 aromatic carbocycles. The summed E-state index contributed by atoms with van der Waals surface area (Å²) < 4.78 is 0. The molecule has 0 amide bonds. The van der Waals surface area contributed by atoms with Gasteiger partial charge in [-0.1, -0.05) is 149 Å². The normalized spacial score (nSPS) is 14.3. The van der Waals surface area contributed by atoms with Gasteiger partial charge in [-0.2, -0.15) is 0 Å². The maximum absolute atomic E-state index is 2.57. The van der Waals surface area contributed by atoms with Gasteiger partial charge >= 0.3 is 0 Å². The van der Waals surface area contributed by atoms with Crippen LogP contribution in [-0.2, 0) is 38.9 Å². The molecule has 0 spiro atoms. The molecule has 0 saturated carbocycles. The summed E-state index contributed by atoms with van der Waals surface area (Å²) in [7, 11) is 0. The fourth-order valence-electron chi connectivity index (χ4n) is 5.67. The van der Waals surface area contributed by atoms with E-state index >= 15 is 0 Å². The van der Waals surface area contributed by atoms with Crippen LogP contribution < -0.4 is 0 Å². The predicted octanol–water partition coefficient (Wildman–Crippen LogP) is 11.1. The number of hydrogen-bond donors (Lipinski definition) is 0. The Morgan fingerprint density at radius 3 is 0.676 bits per heavy atom.